The van der Waals surface area contributed by atoms with Gasteiger partial charge in [0.2, 0.25) is 0 Å². The van der Waals surface area contributed by atoms with Gasteiger partial charge >= 0.3 is 0 Å². The number of rotatable bonds is 2. The molecule has 0 saturated carbocycles. The van der Waals surface area contributed by atoms with E-state index in [-0.39, 0.29) is 11.4 Å². The molecule has 2 aromatic heterocycles. The van der Waals surface area contributed by atoms with Gasteiger partial charge in [0.05, 0.1) is 5.52 Å². The van der Waals surface area contributed by atoms with Crippen LogP contribution < -0.4 is 5.56 Å². The SMILES string of the molecule is CSc1nc2c(-c3ccccc3F)csc2c(=O)[nH]1. The van der Waals surface area contributed by atoms with Crippen LogP contribution >= 0.6 is 23.1 Å². The second kappa shape index (κ2) is 4.79. The molecular weight excluding hydrogens is 283 g/mol. The van der Waals surface area contributed by atoms with Crippen LogP contribution in [0, 0.1) is 5.82 Å². The summed E-state index contributed by atoms with van der Waals surface area (Å²) in [5.74, 6) is -0.310. The van der Waals surface area contributed by atoms with Gasteiger partial charge in [0.25, 0.3) is 5.56 Å². The van der Waals surface area contributed by atoms with Crippen LogP contribution in [-0.4, -0.2) is 16.2 Å². The summed E-state index contributed by atoms with van der Waals surface area (Å²) < 4.78 is 14.4. The number of halogens is 1. The van der Waals surface area contributed by atoms with E-state index in [1.165, 1.54) is 29.2 Å². The molecule has 0 fully saturated rings. The van der Waals surface area contributed by atoms with E-state index in [9.17, 15) is 9.18 Å². The third-order valence-electron chi connectivity index (χ3n) is 2.76. The molecule has 96 valence electrons. The van der Waals surface area contributed by atoms with Crippen LogP contribution in [0.1, 0.15) is 0 Å². The fourth-order valence-electron chi connectivity index (χ4n) is 1.87. The minimum atomic E-state index is -0.310. The molecule has 0 unspecified atom stereocenters. The van der Waals surface area contributed by atoms with Gasteiger partial charge in [-0.15, -0.1) is 11.3 Å². The van der Waals surface area contributed by atoms with Crippen molar-refractivity contribution in [3.8, 4) is 11.1 Å². The van der Waals surface area contributed by atoms with Crippen LogP contribution in [0.15, 0.2) is 39.6 Å². The van der Waals surface area contributed by atoms with Gasteiger partial charge in [-0.05, 0) is 12.3 Å². The summed E-state index contributed by atoms with van der Waals surface area (Å²) in [6.45, 7) is 0. The normalized spacial score (nSPS) is 11.1. The van der Waals surface area contributed by atoms with E-state index in [1.807, 2.05) is 6.26 Å². The van der Waals surface area contributed by atoms with Gasteiger partial charge in [-0.3, -0.25) is 4.79 Å². The molecule has 0 aliphatic rings. The van der Waals surface area contributed by atoms with Gasteiger partial charge in [-0.2, -0.15) is 0 Å². The Morgan fingerprint density at radius 2 is 2.11 bits per heavy atom. The molecule has 0 saturated heterocycles. The monoisotopic (exact) mass is 292 g/mol. The van der Waals surface area contributed by atoms with Gasteiger partial charge < -0.3 is 4.98 Å². The maximum atomic E-state index is 13.8. The second-order valence-corrected chi connectivity index (χ2v) is 5.56. The van der Waals surface area contributed by atoms with E-state index in [0.29, 0.717) is 26.5 Å². The summed E-state index contributed by atoms with van der Waals surface area (Å²) in [5.41, 5.74) is 1.52. The predicted octanol–water partition coefficient (Wildman–Crippen LogP) is 3.51. The lowest BCUT2D eigenvalue weighted by Crippen LogP contribution is -2.07. The Kier molecular flexibility index (Phi) is 3.12. The van der Waals surface area contributed by atoms with Crippen molar-refractivity contribution >= 4 is 33.3 Å². The molecular formula is C13H9FN2OS2. The zero-order valence-corrected chi connectivity index (χ0v) is 11.6. The average molecular weight is 292 g/mol. The first-order valence-electron chi connectivity index (χ1n) is 5.51. The first-order chi connectivity index (χ1) is 9.20. The van der Waals surface area contributed by atoms with Crippen LogP contribution in [0.25, 0.3) is 21.3 Å². The molecule has 6 heteroatoms. The molecule has 0 aliphatic carbocycles. The van der Waals surface area contributed by atoms with Crippen molar-refractivity contribution in [2.24, 2.45) is 0 Å². The summed E-state index contributed by atoms with van der Waals surface area (Å²) in [6.07, 6.45) is 1.83. The summed E-state index contributed by atoms with van der Waals surface area (Å²) in [6, 6.07) is 6.51. The molecule has 3 rings (SSSR count). The first kappa shape index (κ1) is 12.4. The molecule has 0 atom stereocenters. The minimum absolute atomic E-state index is 0.179. The molecule has 3 aromatic rings. The molecule has 19 heavy (non-hydrogen) atoms. The van der Waals surface area contributed by atoms with Gasteiger partial charge in [0.1, 0.15) is 10.5 Å². The van der Waals surface area contributed by atoms with Crippen molar-refractivity contribution in [1.29, 1.82) is 0 Å². The van der Waals surface area contributed by atoms with Crippen molar-refractivity contribution < 1.29 is 4.39 Å². The number of hydrogen-bond acceptors (Lipinski definition) is 4. The highest BCUT2D eigenvalue weighted by atomic mass is 32.2. The number of aromatic nitrogens is 2. The lowest BCUT2D eigenvalue weighted by atomic mass is 10.1. The Morgan fingerprint density at radius 1 is 1.32 bits per heavy atom. The largest absolute Gasteiger partial charge is 0.300 e. The van der Waals surface area contributed by atoms with Crippen LogP contribution in [-0.2, 0) is 0 Å². The van der Waals surface area contributed by atoms with E-state index in [0.717, 1.165) is 0 Å². The van der Waals surface area contributed by atoms with Crippen molar-refractivity contribution in [3.63, 3.8) is 0 Å². The average Bonchev–Trinajstić information content (AvgIpc) is 2.83. The Bertz CT molecular complexity index is 810. The smallest absolute Gasteiger partial charge is 0.269 e. The van der Waals surface area contributed by atoms with Crippen molar-refractivity contribution in [1.82, 2.24) is 9.97 Å². The number of nitrogens with one attached hydrogen (secondary N) is 1. The number of hydrogen-bond donors (Lipinski definition) is 1. The van der Waals surface area contributed by atoms with Crippen LogP contribution in [0.5, 0.6) is 0 Å². The van der Waals surface area contributed by atoms with Crippen LogP contribution in [0.3, 0.4) is 0 Å². The van der Waals surface area contributed by atoms with Gasteiger partial charge in [-0.1, -0.05) is 30.0 Å². The summed E-state index contributed by atoms with van der Waals surface area (Å²) >= 11 is 2.63. The summed E-state index contributed by atoms with van der Waals surface area (Å²) in [4.78, 5) is 19.0. The molecule has 0 amide bonds. The Hall–Kier alpha value is -1.66. The van der Waals surface area contributed by atoms with E-state index in [2.05, 4.69) is 9.97 Å². The van der Waals surface area contributed by atoms with Gasteiger partial charge in [-0.25, -0.2) is 9.37 Å². The molecule has 0 bridgehead atoms. The highest BCUT2D eigenvalue weighted by Crippen LogP contribution is 2.32. The lowest BCUT2D eigenvalue weighted by Gasteiger charge is -2.02. The lowest BCUT2D eigenvalue weighted by molar-refractivity contribution is 0.631. The molecule has 0 aliphatic heterocycles. The van der Waals surface area contributed by atoms with Gasteiger partial charge in [0, 0.05) is 16.5 Å². The van der Waals surface area contributed by atoms with Crippen LogP contribution in [0.4, 0.5) is 4.39 Å². The molecule has 0 spiro atoms. The van der Waals surface area contributed by atoms with Gasteiger partial charge in [0.15, 0.2) is 5.16 Å². The minimum Gasteiger partial charge on any atom is -0.300 e. The number of benzene rings is 1. The summed E-state index contributed by atoms with van der Waals surface area (Å²) in [5, 5.41) is 2.31. The maximum absolute atomic E-state index is 13.8. The zero-order chi connectivity index (χ0) is 13.4. The molecule has 1 N–H and O–H groups in total. The Morgan fingerprint density at radius 3 is 2.84 bits per heavy atom. The third-order valence-corrected chi connectivity index (χ3v) is 4.31. The summed E-state index contributed by atoms with van der Waals surface area (Å²) in [7, 11) is 0. The Labute approximate surface area is 116 Å². The molecule has 3 nitrogen and oxygen atoms in total. The molecule has 2 heterocycles. The number of H-pyrrole nitrogens is 1. The molecule has 0 radical (unpaired) electrons. The molecule has 1 aromatic carbocycles. The number of thioether (sulfide) groups is 1. The fourth-order valence-corrected chi connectivity index (χ4v) is 3.15. The van der Waals surface area contributed by atoms with E-state index >= 15 is 0 Å². The van der Waals surface area contributed by atoms with E-state index in [4.69, 9.17) is 0 Å². The quantitative estimate of drug-likeness (QED) is 0.580. The third kappa shape index (κ3) is 2.06. The zero-order valence-electron chi connectivity index (χ0n) is 9.94. The second-order valence-electron chi connectivity index (χ2n) is 3.88. The number of aromatic amines is 1. The first-order valence-corrected chi connectivity index (χ1v) is 7.61. The standard InChI is InChI=1S/C13H9FN2OS2/c1-18-13-15-10-8(6-19-11(10)12(17)16-13)7-4-2-3-5-9(7)14/h2-6H,1H3,(H,15,16,17). The predicted molar refractivity (Wildman–Crippen MR) is 77.4 cm³/mol. The highest BCUT2D eigenvalue weighted by molar-refractivity contribution is 7.98. The van der Waals surface area contributed by atoms with Crippen molar-refractivity contribution in [2.45, 2.75) is 5.16 Å². The Balaban J connectivity index is 2.34. The number of nitrogens with zero attached hydrogens (tertiary/aromatic N) is 1. The van der Waals surface area contributed by atoms with E-state index < -0.39 is 0 Å². The highest BCUT2D eigenvalue weighted by Gasteiger charge is 2.14. The van der Waals surface area contributed by atoms with Crippen LogP contribution in [0.2, 0.25) is 0 Å². The number of thiophene rings is 1. The van der Waals surface area contributed by atoms with Crippen molar-refractivity contribution in [3.05, 3.63) is 45.8 Å². The number of fused-ring (bicyclic) bond motifs is 1. The van der Waals surface area contributed by atoms with E-state index in [1.54, 1.807) is 23.6 Å². The topological polar surface area (TPSA) is 45.8 Å². The van der Waals surface area contributed by atoms with Crippen molar-refractivity contribution in [2.75, 3.05) is 6.26 Å². The maximum Gasteiger partial charge on any atom is 0.269 e. The fraction of sp³-hybridized carbons (Fsp3) is 0.0769.